The minimum atomic E-state index is -0.142. The fourth-order valence-corrected chi connectivity index (χ4v) is 1.54. The highest BCUT2D eigenvalue weighted by Crippen LogP contribution is 2.32. The predicted molar refractivity (Wildman–Crippen MR) is 42.8 cm³/mol. The molecular formula is C9H16O. The van der Waals surface area contributed by atoms with Crippen LogP contribution >= 0.6 is 0 Å². The third kappa shape index (κ3) is 1.40. The lowest BCUT2D eigenvalue weighted by atomic mass is 9.77. The highest BCUT2D eigenvalue weighted by atomic mass is 16.3. The zero-order valence-electron chi connectivity index (χ0n) is 7.02. The van der Waals surface area contributed by atoms with Crippen LogP contribution in [0, 0.1) is 5.41 Å². The van der Waals surface area contributed by atoms with Crippen molar-refractivity contribution >= 4 is 0 Å². The minimum absolute atomic E-state index is 0.00231. The molecule has 1 aliphatic rings. The van der Waals surface area contributed by atoms with Gasteiger partial charge in [-0.3, -0.25) is 0 Å². The summed E-state index contributed by atoms with van der Waals surface area (Å²) in [4.78, 5) is 0. The molecule has 1 N–H and O–H groups in total. The van der Waals surface area contributed by atoms with Crippen LogP contribution in [-0.4, -0.2) is 11.2 Å². The predicted octanol–water partition coefficient (Wildman–Crippen LogP) is 2.11. The maximum absolute atomic E-state index is 9.51. The Kier molecular flexibility index (Phi) is 1.86. The molecule has 10 heavy (non-hydrogen) atoms. The highest BCUT2D eigenvalue weighted by molar-refractivity contribution is 5.11. The molecule has 1 rings (SSSR count). The Balaban J connectivity index is 2.79. The normalized spacial score (nSPS) is 31.6. The van der Waals surface area contributed by atoms with Crippen LogP contribution in [0.5, 0.6) is 0 Å². The van der Waals surface area contributed by atoms with E-state index >= 15 is 0 Å². The zero-order chi connectivity index (χ0) is 7.78. The Morgan fingerprint density at radius 1 is 1.60 bits per heavy atom. The van der Waals surface area contributed by atoms with Gasteiger partial charge in [-0.1, -0.05) is 25.5 Å². The monoisotopic (exact) mass is 140 g/mol. The fraction of sp³-hybridized carbons (Fsp3) is 0.778. The van der Waals surface area contributed by atoms with E-state index in [0.717, 1.165) is 12.8 Å². The van der Waals surface area contributed by atoms with Gasteiger partial charge in [0.25, 0.3) is 0 Å². The lowest BCUT2D eigenvalue weighted by Gasteiger charge is -2.32. The standard InChI is InChI=1S/C9H16O/c1-7-4-5-8(10)9(2,3)6-7/h6,8,10H,4-5H2,1-3H3. The second-order valence-electron chi connectivity index (χ2n) is 3.87. The number of aliphatic hydroxyl groups excluding tert-OH is 1. The van der Waals surface area contributed by atoms with Gasteiger partial charge < -0.3 is 5.11 Å². The topological polar surface area (TPSA) is 20.2 Å². The van der Waals surface area contributed by atoms with E-state index in [-0.39, 0.29) is 11.5 Å². The summed E-state index contributed by atoms with van der Waals surface area (Å²) in [7, 11) is 0. The molecule has 58 valence electrons. The number of hydrogen-bond donors (Lipinski definition) is 1. The summed E-state index contributed by atoms with van der Waals surface area (Å²) in [6, 6.07) is 0. The molecule has 0 aromatic heterocycles. The number of aliphatic hydroxyl groups is 1. The largest absolute Gasteiger partial charge is 0.392 e. The Morgan fingerprint density at radius 3 is 2.60 bits per heavy atom. The maximum Gasteiger partial charge on any atom is 0.0628 e. The average molecular weight is 140 g/mol. The molecule has 1 unspecified atom stereocenters. The first-order chi connectivity index (χ1) is 4.52. The van der Waals surface area contributed by atoms with Gasteiger partial charge in [-0.15, -0.1) is 0 Å². The summed E-state index contributed by atoms with van der Waals surface area (Å²) in [5.74, 6) is 0. The van der Waals surface area contributed by atoms with Crippen molar-refractivity contribution in [2.75, 3.05) is 0 Å². The molecule has 0 aromatic rings. The Morgan fingerprint density at radius 2 is 2.20 bits per heavy atom. The number of allylic oxidation sites excluding steroid dienone is 1. The van der Waals surface area contributed by atoms with Crippen LogP contribution < -0.4 is 0 Å². The first-order valence-corrected chi connectivity index (χ1v) is 3.89. The van der Waals surface area contributed by atoms with Gasteiger partial charge in [0.15, 0.2) is 0 Å². The lowest BCUT2D eigenvalue weighted by molar-refractivity contribution is 0.0667. The fourth-order valence-electron chi connectivity index (χ4n) is 1.54. The summed E-state index contributed by atoms with van der Waals surface area (Å²) in [6.45, 7) is 6.30. The van der Waals surface area contributed by atoms with Crippen LogP contribution in [0.25, 0.3) is 0 Å². The Bertz CT molecular complexity index is 156. The van der Waals surface area contributed by atoms with E-state index in [2.05, 4.69) is 26.8 Å². The second-order valence-corrected chi connectivity index (χ2v) is 3.87. The van der Waals surface area contributed by atoms with Crippen molar-refractivity contribution in [3.8, 4) is 0 Å². The van der Waals surface area contributed by atoms with E-state index in [4.69, 9.17) is 0 Å². The van der Waals surface area contributed by atoms with Crippen molar-refractivity contribution in [1.29, 1.82) is 0 Å². The van der Waals surface area contributed by atoms with E-state index in [1.807, 2.05) is 0 Å². The summed E-state index contributed by atoms with van der Waals surface area (Å²) in [5, 5.41) is 9.51. The van der Waals surface area contributed by atoms with Crippen LogP contribution in [0.15, 0.2) is 11.6 Å². The molecule has 0 aliphatic heterocycles. The molecule has 1 aliphatic carbocycles. The zero-order valence-corrected chi connectivity index (χ0v) is 7.02. The average Bonchev–Trinajstić information content (AvgIpc) is 1.78. The number of hydrogen-bond acceptors (Lipinski definition) is 1. The molecule has 0 amide bonds. The molecule has 0 heterocycles. The van der Waals surface area contributed by atoms with Crippen LogP contribution in [0.2, 0.25) is 0 Å². The molecule has 0 fully saturated rings. The van der Waals surface area contributed by atoms with E-state index in [1.54, 1.807) is 0 Å². The molecule has 0 saturated heterocycles. The Hall–Kier alpha value is -0.300. The van der Waals surface area contributed by atoms with E-state index in [0.29, 0.717) is 0 Å². The summed E-state index contributed by atoms with van der Waals surface area (Å²) in [6.07, 6.45) is 4.03. The van der Waals surface area contributed by atoms with Gasteiger partial charge in [-0.05, 0) is 19.8 Å². The van der Waals surface area contributed by atoms with Gasteiger partial charge >= 0.3 is 0 Å². The van der Waals surface area contributed by atoms with Crippen molar-refractivity contribution in [3.63, 3.8) is 0 Å². The Labute approximate surface area is 62.8 Å². The van der Waals surface area contributed by atoms with E-state index < -0.39 is 0 Å². The summed E-state index contributed by atoms with van der Waals surface area (Å²) < 4.78 is 0. The van der Waals surface area contributed by atoms with Crippen molar-refractivity contribution < 1.29 is 5.11 Å². The van der Waals surface area contributed by atoms with Crippen LogP contribution in [0.1, 0.15) is 33.6 Å². The SMILES string of the molecule is CC1=CC(C)(C)C(O)CC1. The molecule has 0 spiro atoms. The third-order valence-corrected chi connectivity index (χ3v) is 2.29. The first kappa shape index (κ1) is 7.80. The van der Waals surface area contributed by atoms with Crippen LogP contribution in [0.3, 0.4) is 0 Å². The van der Waals surface area contributed by atoms with Crippen molar-refractivity contribution in [2.24, 2.45) is 5.41 Å². The van der Waals surface area contributed by atoms with Crippen molar-refractivity contribution in [3.05, 3.63) is 11.6 Å². The quantitative estimate of drug-likeness (QED) is 0.511. The maximum atomic E-state index is 9.51. The molecule has 1 atom stereocenters. The molecule has 1 nitrogen and oxygen atoms in total. The molecule has 0 saturated carbocycles. The molecule has 1 heteroatoms. The highest BCUT2D eigenvalue weighted by Gasteiger charge is 2.28. The van der Waals surface area contributed by atoms with E-state index in [9.17, 15) is 5.11 Å². The van der Waals surface area contributed by atoms with Gasteiger partial charge in [0.1, 0.15) is 0 Å². The minimum Gasteiger partial charge on any atom is -0.392 e. The molecule has 0 bridgehead atoms. The number of rotatable bonds is 0. The first-order valence-electron chi connectivity index (χ1n) is 3.89. The lowest BCUT2D eigenvalue weighted by Crippen LogP contribution is -2.30. The van der Waals surface area contributed by atoms with Gasteiger partial charge in [-0.2, -0.15) is 0 Å². The van der Waals surface area contributed by atoms with E-state index in [1.165, 1.54) is 5.57 Å². The smallest absolute Gasteiger partial charge is 0.0628 e. The molecule has 0 aromatic carbocycles. The van der Waals surface area contributed by atoms with Crippen LogP contribution in [0.4, 0.5) is 0 Å². The van der Waals surface area contributed by atoms with Crippen molar-refractivity contribution in [2.45, 2.75) is 39.7 Å². The molecular weight excluding hydrogens is 124 g/mol. The van der Waals surface area contributed by atoms with Crippen molar-refractivity contribution in [1.82, 2.24) is 0 Å². The summed E-state index contributed by atoms with van der Waals surface area (Å²) in [5.41, 5.74) is 1.41. The van der Waals surface area contributed by atoms with Gasteiger partial charge in [0, 0.05) is 5.41 Å². The second kappa shape index (κ2) is 2.39. The van der Waals surface area contributed by atoms with Crippen LogP contribution in [-0.2, 0) is 0 Å². The molecule has 0 radical (unpaired) electrons. The van der Waals surface area contributed by atoms with Gasteiger partial charge in [-0.25, -0.2) is 0 Å². The third-order valence-electron chi connectivity index (χ3n) is 2.29. The van der Waals surface area contributed by atoms with Gasteiger partial charge in [0.05, 0.1) is 6.10 Å². The van der Waals surface area contributed by atoms with Gasteiger partial charge in [0.2, 0.25) is 0 Å². The summed E-state index contributed by atoms with van der Waals surface area (Å²) >= 11 is 0.